The Morgan fingerprint density at radius 3 is 2.75 bits per heavy atom. The second kappa shape index (κ2) is 5.95. The summed E-state index contributed by atoms with van der Waals surface area (Å²) in [7, 11) is -3.75. The molecule has 2 rings (SSSR count). The molecule has 0 spiro atoms. The monoisotopic (exact) mass is 291 g/mol. The van der Waals surface area contributed by atoms with E-state index in [1.165, 1.54) is 18.2 Å². The third kappa shape index (κ3) is 3.10. The van der Waals surface area contributed by atoms with Gasteiger partial charge in [-0.1, -0.05) is 23.6 Å². The number of benzene rings is 1. The van der Waals surface area contributed by atoms with Crippen LogP contribution in [0, 0.1) is 19.2 Å². The third-order valence-electron chi connectivity index (χ3n) is 2.77. The fourth-order valence-corrected chi connectivity index (χ4v) is 3.01. The van der Waals surface area contributed by atoms with Gasteiger partial charge in [-0.15, -0.1) is 6.40 Å². The highest BCUT2D eigenvalue weighted by Crippen LogP contribution is 2.18. The summed E-state index contributed by atoms with van der Waals surface area (Å²) in [5, 5.41) is 0. The Balaban J connectivity index is 2.33. The molecule has 0 N–H and O–H groups in total. The van der Waals surface area contributed by atoms with E-state index in [2.05, 4.69) is 5.92 Å². The van der Waals surface area contributed by atoms with Crippen molar-refractivity contribution in [1.29, 1.82) is 0 Å². The van der Waals surface area contributed by atoms with Crippen molar-refractivity contribution in [2.45, 2.75) is 18.4 Å². The Hall–Kier alpha value is -2.03. The minimum absolute atomic E-state index is 0.0331. The van der Waals surface area contributed by atoms with Gasteiger partial charge in [0.05, 0.1) is 24.2 Å². The molecule has 20 heavy (non-hydrogen) atoms. The second-order valence-electron chi connectivity index (χ2n) is 4.28. The summed E-state index contributed by atoms with van der Waals surface area (Å²) in [5.41, 5.74) is 0.960. The van der Waals surface area contributed by atoms with E-state index in [1.54, 1.807) is 18.2 Å². The van der Waals surface area contributed by atoms with Crippen LogP contribution in [0.1, 0.15) is 14.1 Å². The lowest BCUT2D eigenvalue weighted by Crippen LogP contribution is -2.30. The first-order valence-corrected chi connectivity index (χ1v) is 7.39. The Morgan fingerprint density at radius 2 is 2.15 bits per heavy atom. The summed E-state index contributed by atoms with van der Waals surface area (Å²) >= 11 is 0. The van der Waals surface area contributed by atoms with Crippen LogP contribution in [0.2, 0.25) is 0 Å². The molecule has 1 heterocycles. The normalized spacial score (nSPS) is 12.5. The van der Waals surface area contributed by atoms with E-state index in [4.69, 9.17) is 7.16 Å². The summed E-state index contributed by atoms with van der Waals surface area (Å²) in [4.78, 5) is 0.155. The van der Waals surface area contributed by atoms with Crippen molar-refractivity contribution in [2.24, 2.45) is 0 Å². The van der Waals surface area contributed by atoms with Gasteiger partial charge in [0.1, 0.15) is 8.50 Å². The predicted molar refractivity (Wildman–Crippen MR) is 76.3 cm³/mol. The SMILES string of the molecule is [2H]C#CCN(Cc1ccc([2H])o1)S(=O)(=O)c1ccc(C)cc1. The maximum atomic E-state index is 12.7. The third-order valence-corrected chi connectivity index (χ3v) is 4.58. The Kier molecular flexibility index (Phi) is 3.50. The first-order chi connectivity index (χ1) is 10.4. The number of nitrogens with zero attached hydrogens (tertiary/aromatic N) is 1. The first-order valence-electron chi connectivity index (χ1n) is 6.95. The van der Waals surface area contributed by atoms with Crippen molar-refractivity contribution < 1.29 is 15.6 Å². The lowest BCUT2D eigenvalue weighted by Gasteiger charge is -2.18. The van der Waals surface area contributed by atoms with Gasteiger partial charge in [0.15, 0.2) is 0 Å². The van der Waals surface area contributed by atoms with Crippen LogP contribution in [0.5, 0.6) is 0 Å². The molecule has 0 bridgehead atoms. The molecule has 0 unspecified atom stereocenters. The zero-order valence-corrected chi connectivity index (χ0v) is 11.8. The topological polar surface area (TPSA) is 50.5 Å². The number of sulfonamides is 1. The smallest absolute Gasteiger partial charge is 0.244 e. The van der Waals surface area contributed by atoms with Gasteiger partial charge >= 0.3 is 0 Å². The molecule has 0 aliphatic rings. The quantitative estimate of drug-likeness (QED) is 0.795. The van der Waals surface area contributed by atoms with Crippen LogP contribution in [0.25, 0.3) is 0 Å². The summed E-state index contributed by atoms with van der Waals surface area (Å²) in [6.45, 7) is 1.72. The Bertz CT molecular complexity index is 801. The van der Waals surface area contributed by atoms with Gasteiger partial charge in [-0.2, -0.15) is 4.31 Å². The van der Waals surface area contributed by atoms with Crippen molar-refractivity contribution in [3.8, 4) is 12.3 Å². The highest BCUT2D eigenvalue weighted by Gasteiger charge is 2.24. The molecule has 104 valence electrons. The van der Waals surface area contributed by atoms with Crippen molar-refractivity contribution in [1.82, 2.24) is 4.31 Å². The van der Waals surface area contributed by atoms with Crippen LogP contribution in [0.15, 0.2) is 52.0 Å². The summed E-state index contributed by atoms with van der Waals surface area (Å²) in [6.07, 6.45) is 1.91. The van der Waals surface area contributed by atoms with Crippen LogP contribution in [-0.4, -0.2) is 19.3 Å². The van der Waals surface area contributed by atoms with Gasteiger partial charge in [0.2, 0.25) is 10.0 Å². The van der Waals surface area contributed by atoms with E-state index >= 15 is 0 Å². The number of hydrogen-bond acceptors (Lipinski definition) is 3. The van der Waals surface area contributed by atoms with Gasteiger partial charge in [-0.25, -0.2) is 8.42 Å². The molecule has 0 radical (unpaired) electrons. The van der Waals surface area contributed by atoms with Crippen LogP contribution in [0.4, 0.5) is 0 Å². The van der Waals surface area contributed by atoms with E-state index in [1.807, 2.05) is 13.3 Å². The standard InChI is InChI=1S/C15H15NO3S/c1-3-10-16(12-14-5-4-11-19-14)20(17,18)15-8-6-13(2)7-9-15/h1,4-9,11H,10,12H2,2H3/i1D,11D. The number of hydrogen-bond donors (Lipinski definition) is 0. The lowest BCUT2D eigenvalue weighted by molar-refractivity contribution is 0.389. The second-order valence-corrected chi connectivity index (χ2v) is 6.22. The number of aryl methyl sites for hydroxylation is 1. The van der Waals surface area contributed by atoms with Crippen molar-refractivity contribution in [3.05, 3.63) is 54.0 Å². The Morgan fingerprint density at radius 1 is 1.40 bits per heavy atom. The lowest BCUT2D eigenvalue weighted by atomic mass is 10.2. The molecule has 5 heteroatoms. The predicted octanol–water partition coefficient (Wildman–Crippen LogP) is 2.41. The van der Waals surface area contributed by atoms with Gasteiger partial charge in [0.25, 0.3) is 0 Å². The maximum Gasteiger partial charge on any atom is 0.244 e. The average Bonchev–Trinajstić information content (AvgIpc) is 2.89. The molecule has 1 aromatic heterocycles. The van der Waals surface area contributed by atoms with Crippen molar-refractivity contribution in [3.63, 3.8) is 0 Å². The molecule has 1 aromatic carbocycles. The van der Waals surface area contributed by atoms with E-state index in [0.717, 1.165) is 9.87 Å². The molecule has 0 saturated heterocycles. The van der Waals surface area contributed by atoms with Gasteiger partial charge in [-0.05, 0) is 31.2 Å². The van der Waals surface area contributed by atoms with E-state index in [9.17, 15) is 8.42 Å². The molecule has 0 aliphatic carbocycles. The van der Waals surface area contributed by atoms with E-state index in [-0.39, 0.29) is 24.2 Å². The van der Waals surface area contributed by atoms with Gasteiger partial charge in [-0.3, -0.25) is 0 Å². The number of furan rings is 1. The van der Waals surface area contributed by atoms with Crippen LogP contribution >= 0.6 is 0 Å². The molecular formula is C15H15NO3S. The molecule has 0 aliphatic heterocycles. The molecular weight excluding hydrogens is 274 g/mol. The van der Waals surface area contributed by atoms with E-state index < -0.39 is 10.0 Å². The van der Waals surface area contributed by atoms with Gasteiger partial charge < -0.3 is 4.42 Å². The van der Waals surface area contributed by atoms with Crippen molar-refractivity contribution >= 4 is 10.0 Å². The summed E-state index contributed by atoms with van der Waals surface area (Å²) in [5.74, 6) is 2.79. The van der Waals surface area contributed by atoms with Crippen LogP contribution < -0.4 is 0 Å². The highest BCUT2D eigenvalue weighted by atomic mass is 32.2. The Labute approximate surface area is 121 Å². The summed E-state index contributed by atoms with van der Waals surface area (Å²) in [6, 6.07) is 9.50. The van der Waals surface area contributed by atoms with E-state index in [0.29, 0.717) is 5.76 Å². The highest BCUT2D eigenvalue weighted by molar-refractivity contribution is 7.89. The number of rotatable bonds is 5. The van der Waals surface area contributed by atoms with Crippen LogP contribution in [0.3, 0.4) is 0 Å². The largest absolute Gasteiger partial charge is 0.468 e. The van der Waals surface area contributed by atoms with Gasteiger partial charge in [0, 0.05) is 0 Å². The molecule has 0 amide bonds. The fourth-order valence-electron chi connectivity index (χ4n) is 1.70. The minimum atomic E-state index is -3.75. The number of terminal acetylenes is 1. The maximum absolute atomic E-state index is 12.7. The molecule has 0 fully saturated rings. The summed E-state index contributed by atoms with van der Waals surface area (Å²) < 4.78 is 45.8. The zero-order chi connectivity index (χ0) is 16.2. The molecule has 0 atom stereocenters. The molecule has 4 nitrogen and oxygen atoms in total. The minimum Gasteiger partial charge on any atom is -0.468 e. The molecule has 0 saturated carbocycles. The molecule has 2 aromatic rings. The van der Waals surface area contributed by atoms with Crippen molar-refractivity contribution in [2.75, 3.05) is 6.54 Å². The van der Waals surface area contributed by atoms with Crippen LogP contribution in [-0.2, 0) is 16.6 Å². The first kappa shape index (κ1) is 11.8. The fraction of sp³-hybridized carbons (Fsp3) is 0.200. The zero-order valence-electron chi connectivity index (χ0n) is 13.0. The average molecular weight is 291 g/mol.